The van der Waals surface area contributed by atoms with Gasteiger partial charge in [0.2, 0.25) is 5.91 Å². The lowest BCUT2D eigenvalue weighted by molar-refractivity contribution is -0.139. The van der Waals surface area contributed by atoms with Gasteiger partial charge in [-0.15, -0.1) is 0 Å². The number of hydrogen-bond acceptors (Lipinski definition) is 3. The number of nitrogens with one attached hydrogen (secondary N) is 1. The molecule has 1 aromatic carbocycles. The number of nitrogens with two attached hydrogens (primary N) is 1. The minimum Gasteiger partial charge on any atom is -0.480 e. The van der Waals surface area contributed by atoms with E-state index in [2.05, 4.69) is 5.32 Å². The third kappa shape index (κ3) is 4.40. The lowest BCUT2D eigenvalue weighted by atomic mass is 10.1. The van der Waals surface area contributed by atoms with Crippen LogP contribution in [0.2, 0.25) is 10.0 Å². The zero-order chi connectivity index (χ0) is 15.3. The SMILES string of the molecule is NC(=O)CCC(NC(=O)c1cccc(Cl)c1Cl)C(=O)O. The first-order chi connectivity index (χ1) is 9.32. The van der Waals surface area contributed by atoms with Crippen molar-refractivity contribution in [3.8, 4) is 0 Å². The van der Waals surface area contributed by atoms with Gasteiger partial charge in [-0.2, -0.15) is 0 Å². The number of amides is 2. The number of carbonyl (C=O) groups excluding carboxylic acids is 2. The highest BCUT2D eigenvalue weighted by molar-refractivity contribution is 6.43. The summed E-state index contributed by atoms with van der Waals surface area (Å²) in [5.41, 5.74) is 5.00. The van der Waals surface area contributed by atoms with Crippen LogP contribution in [0, 0.1) is 0 Å². The maximum absolute atomic E-state index is 11.9. The topological polar surface area (TPSA) is 109 Å². The third-order valence-corrected chi connectivity index (χ3v) is 3.30. The number of benzene rings is 1. The van der Waals surface area contributed by atoms with Gasteiger partial charge < -0.3 is 16.2 Å². The highest BCUT2D eigenvalue weighted by Crippen LogP contribution is 2.25. The number of rotatable bonds is 6. The third-order valence-electron chi connectivity index (χ3n) is 2.48. The Morgan fingerprint density at radius 1 is 1.30 bits per heavy atom. The van der Waals surface area contributed by atoms with Crippen LogP contribution in [0.4, 0.5) is 0 Å². The maximum Gasteiger partial charge on any atom is 0.326 e. The molecule has 8 heteroatoms. The van der Waals surface area contributed by atoms with E-state index in [1.54, 1.807) is 0 Å². The van der Waals surface area contributed by atoms with Gasteiger partial charge in [-0.05, 0) is 18.6 Å². The van der Waals surface area contributed by atoms with Crippen molar-refractivity contribution in [1.82, 2.24) is 5.32 Å². The van der Waals surface area contributed by atoms with E-state index in [0.29, 0.717) is 0 Å². The molecule has 2 amide bonds. The lowest BCUT2D eigenvalue weighted by Crippen LogP contribution is -2.41. The molecule has 0 aliphatic heterocycles. The summed E-state index contributed by atoms with van der Waals surface area (Å²) in [6, 6.07) is 3.20. The van der Waals surface area contributed by atoms with Crippen LogP contribution in [-0.2, 0) is 9.59 Å². The molecule has 108 valence electrons. The molecule has 4 N–H and O–H groups in total. The van der Waals surface area contributed by atoms with Crippen molar-refractivity contribution >= 4 is 41.0 Å². The normalized spacial score (nSPS) is 11.7. The van der Waals surface area contributed by atoms with Crippen molar-refractivity contribution in [2.24, 2.45) is 5.73 Å². The molecule has 20 heavy (non-hydrogen) atoms. The van der Waals surface area contributed by atoms with E-state index in [1.807, 2.05) is 0 Å². The number of carboxylic acids is 1. The Kier molecular flexibility index (Phi) is 5.79. The van der Waals surface area contributed by atoms with Crippen molar-refractivity contribution in [3.63, 3.8) is 0 Å². The van der Waals surface area contributed by atoms with E-state index in [9.17, 15) is 14.4 Å². The summed E-state index contributed by atoms with van der Waals surface area (Å²) in [5.74, 6) is -2.60. The molecule has 1 unspecified atom stereocenters. The summed E-state index contributed by atoms with van der Waals surface area (Å²) < 4.78 is 0. The van der Waals surface area contributed by atoms with Crippen LogP contribution >= 0.6 is 23.2 Å². The smallest absolute Gasteiger partial charge is 0.326 e. The summed E-state index contributed by atoms with van der Waals surface area (Å²) in [6.45, 7) is 0. The molecule has 0 saturated heterocycles. The standard InChI is InChI=1S/C12H12Cl2N2O4/c13-7-3-1-2-6(10(7)14)11(18)16-8(12(19)20)4-5-9(15)17/h1-3,8H,4-5H2,(H2,15,17)(H,16,18)(H,19,20). The predicted octanol–water partition coefficient (Wildman–Crippen LogP) is 1.44. The molecule has 0 aromatic heterocycles. The van der Waals surface area contributed by atoms with Crippen molar-refractivity contribution in [3.05, 3.63) is 33.8 Å². The Bertz CT molecular complexity index is 548. The van der Waals surface area contributed by atoms with E-state index >= 15 is 0 Å². The van der Waals surface area contributed by atoms with Gasteiger partial charge in [0, 0.05) is 6.42 Å². The second kappa shape index (κ2) is 7.12. The van der Waals surface area contributed by atoms with Crippen molar-refractivity contribution in [2.75, 3.05) is 0 Å². The van der Waals surface area contributed by atoms with Crippen LogP contribution in [0.1, 0.15) is 23.2 Å². The quantitative estimate of drug-likeness (QED) is 0.737. The van der Waals surface area contributed by atoms with Crippen LogP contribution in [-0.4, -0.2) is 28.9 Å². The Labute approximate surface area is 124 Å². The second-order valence-electron chi connectivity index (χ2n) is 3.97. The zero-order valence-corrected chi connectivity index (χ0v) is 11.7. The van der Waals surface area contributed by atoms with E-state index in [1.165, 1.54) is 18.2 Å². The molecule has 6 nitrogen and oxygen atoms in total. The van der Waals surface area contributed by atoms with Gasteiger partial charge in [0.05, 0.1) is 15.6 Å². The van der Waals surface area contributed by atoms with Crippen molar-refractivity contribution in [1.29, 1.82) is 0 Å². The Hall–Kier alpha value is -1.79. The first-order valence-electron chi connectivity index (χ1n) is 5.59. The molecule has 1 atom stereocenters. The van der Waals surface area contributed by atoms with Crippen molar-refractivity contribution in [2.45, 2.75) is 18.9 Å². The Balaban J connectivity index is 2.83. The number of primary amides is 1. The molecule has 0 fully saturated rings. The molecular weight excluding hydrogens is 307 g/mol. The van der Waals surface area contributed by atoms with E-state index in [0.717, 1.165) is 0 Å². The first-order valence-corrected chi connectivity index (χ1v) is 6.34. The number of hydrogen-bond donors (Lipinski definition) is 3. The molecule has 0 heterocycles. The fourth-order valence-corrected chi connectivity index (χ4v) is 1.85. The van der Waals surface area contributed by atoms with E-state index < -0.39 is 23.8 Å². The fraction of sp³-hybridized carbons (Fsp3) is 0.250. The number of carbonyl (C=O) groups is 3. The fourth-order valence-electron chi connectivity index (χ4n) is 1.46. The number of halogens is 2. The van der Waals surface area contributed by atoms with Gasteiger partial charge in [-0.3, -0.25) is 9.59 Å². The average Bonchev–Trinajstić information content (AvgIpc) is 2.36. The molecule has 0 aliphatic rings. The Morgan fingerprint density at radius 3 is 2.50 bits per heavy atom. The van der Waals surface area contributed by atoms with Gasteiger partial charge >= 0.3 is 5.97 Å². The number of aliphatic carboxylic acids is 1. The molecule has 0 aliphatic carbocycles. The van der Waals surface area contributed by atoms with Crippen LogP contribution in [0.3, 0.4) is 0 Å². The minimum absolute atomic E-state index is 0.0331. The van der Waals surface area contributed by atoms with Crippen LogP contribution in [0.25, 0.3) is 0 Å². The second-order valence-corrected chi connectivity index (χ2v) is 4.76. The zero-order valence-electron chi connectivity index (χ0n) is 10.2. The molecule has 0 spiro atoms. The minimum atomic E-state index is -1.27. The summed E-state index contributed by atoms with van der Waals surface area (Å²) in [5, 5.41) is 11.5. The lowest BCUT2D eigenvalue weighted by Gasteiger charge is -2.14. The van der Waals surface area contributed by atoms with Gasteiger partial charge in [0.15, 0.2) is 0 Å². The molecule has 0 radical (unpaired) electrons. The summed E-state index contributed by atoms with van der Waals surface area (Å²) >= 11 is 11.6. The summed E-state index contributed by atoms with van der Waals surface area (Å²) in [6.07, 6.45) is -0.255. The van der Waals surface area contributed by atoms with E-state index in [4.69, 9.17) is 34.0 Å². The van der Waals surface area contributed by atoms with Gasteiger partial charge in [0.1, 0.15) is 6.04 Å². The highest BCUT2D eigenvalue weighted by atomic mass is 35.5. The number of carboxylic acid groups (broad SMARTS) is 1. The predicted molar refractivity (Wildman–Crippen MR) is 73.8 cm³/mol. The monoisotopic (exact) mass is 318 g/mol. The Morgan fingerprint density at radius 2 is 1.95 bits per heavy atom. The van der Waals surface area contributed by atoms with E-state index in [-0.39, 0.29) is 28.5 Å². The van der Waals surface area contributed by atoms with Crippen LogP contribution in [0.5, 0.6) is 0 Å². The molecular formula is C12H12Cl2N2O4. The van der Waals surface area contributed by atoms with Crippen LogP contribution < -0.4 is 11.1 Å². The molecule has 0 saturated carbocycles. The summed E-state index contributed by atoms with van der Waals surface area (Å²) in [4.78, 5) is 33.6. The molecule has 1 aromatic rings. The first kappa shape index (κ1) is 16.3. The average molecular weight is 319 g/mol. The molecule has 0 bridgehead atoms. The van der Waals surface area contributed by atoms with Crippen molar-refractivity contribution < 1.29 is 19.5 Å². The highest BCUT2D eigenvalue weighted by Gasteiger charge is 2.22. The van der Waals surface area contributed by atoms with Gasteiger partial charge in [0.25, 0.3) is 5.91 Å². The maximum atomic E-state index is 11.9. The largest absolute Gasteiger partial charge is 0.480 e. The van der Waals surface area contributed by atoms with Gasteiger partial charge in [-0.25, -0.2) is 4.79 Å². The summed E-state index contributed by atoms with van der Waals surface area (Å²) in [7, 11) is 0. The van der Waals surface area contributed by atoms with Crippen LogP contribution in [0.15, 0.2) is 18.2 Å². The molecule has 1 rings (SSSR count). The van der Waals surface area contributed by atoms with Gasteiger partial charge in [-0.1, -0.05) is 29.3 Å².